The quantitative estimate of drug-likeness (QED) is 0.928. The Labute approximate surface area is 148 Å². The lowest BCUT2D eigenvalue weighted by Gasteiger charge is -2.50. The number of methoxy groups -OCH3 is 1. The number of nitrogens with zero attached hydrogens (tertiary/aromatic N) is 3. The summed E-state index contributed by atoms with van der Waals surface area (Å²) in [5.41, 5.74) is 1.34. The summed E-state index contributed by atoms with van der Waals surface area (Å²) >= 11 is 0. The van der Waals surface area contributed by atoms with Gasteiger partial charge in [0.25, 0.3) is 5.91 Å². The molecule has 6 heteroatoms. The molecule has 3 heterocycles. The molecule has 2 atom stereocenters. The monoisotopic (exact) mass is 342 g/mol. The Morgan fingerprint density at radius 2 is 2.08 bits per heavy atom. The number of amides is 1. The molecule has 0 spiro atoms. The molecule has 0 saturated carbocycles. The van der Waals surface area contributed by atoms with Crippen LogP contribution in [0, 0.1) is 0 Å². The molecule has 25 heavy (non-hydrogen) atoms. The highest BCUT2D eigenvalue weighted by Gasteiger charge is 2.41. The number of fused-ring (bicyclic) bond motifs is 3. The SMILES string of the molecule is CCCN1CC2CCCC(C1)N2C(=O)c1n[nH]c2cccc(OC)c12. The van der Waals surface area contributed by atoms with Gasteiger partial charge >= 0.3 is 0 Å². The molecule has 1 aromatic carbocycles. The molecule has 0 radical (unpaired) electrons. The van der Waals surface area contributed by atoms with E-state index in [-0.39, 0.29) is 5.91 Å². The van der Waals surface area contributed by atoms with Gasteiger partial charge in [0, 0.05) is 25.2 Å². The van der Waals surface area contributed by atoms with Crippen LogP contribution in [0.4, 0.5) is 0 Å². The van der Waals surface area contributed by atoms with Crippen LogP contribution in [0.5, 0.6) is 5.75 Å². The van der Waals surface area contributed by atoms with Gasteiger partial charge in [0.1, 0.15) is 5.75 Å². The van der Waals surface area contributed by atoms with Gasteiger partial charge in [0.2, 0.25) is 0 Å². The van der Waals surface area contributed by atoms with Gasteiger partial charge in [-0.25, -0.2) is 0 Å². The standard InChI is InChI=1S/C19H26N4O2/c1-3-10-22-11-13-6-4-7-14(12-22)23(13)19(24)18-17-15(20-21-18)8-5-9-16(17)25-2/h5,8-9,13-14H,3-4,6-7,10-12H2,1-2H3,(H,20,21). The highest BCUT2D eigenvalue weighted by molar-refractivity contribution is 6.07. The van der Waals surface area contributed by atoms with Crippen molar-refractivity contribution in [3.63, 3.8) is 0 Å². The maximum absolute atomic E-state index is 13.4. The summed E-state index contributed by atoms with van der Waals surface area (Å²) in [5.74, 6) is 0.742. The molecule has 2 aliphatic rings. The van der Waals surface area contributed by atoms with E-state index in [1.165, 1.54) is 6.42 Å². The highest BCUT2D eigenvalue weighted by Crippen LogP contribution is 2.33. The van der Waals surface area contributed by atoms with Crippen molar-refractivity contribution in [1.29, 1.82) is 0 Å². The van der Waals surface area contributed by atoms with Gasteiger partial charge in [0.05, 0.1) is 18.0 Å². The average molecular weight is 342 g/mol. The molecule has 6 nitrogen and oxygen atoms in total. The van der Waals surface area contributed by atoms with Crippen LogP contribution in [0.3, 0.4) is 0 Å². The number of piperazine rings is 1. The summed E-state index contributed by atoms with van der Waals surface area (Å²) in [4.78, 5) is 18.0. The molecule has 1 N–H and O–H groups in total. The predicted octanol–water partition coefficient (Wildman–Crippen LogP) is 2.66. The molecule has 0 aliphatic carbocycles. The van der Waals surface area contributed by atoms with E-state index in [1.807, 2.05) is 18.2 Å². The van der Waals surface area contributed by atoms with Crippen molar-refractivity contribution in [1.82, 2.24) is 20.0 Å². The topological polar surface area (TPSA) is 61.5 Å². The fraction of sp³-hybridized carbons (Fsp3) is 0.579. The number of nitrogens with one attached hydrogen (secondary N) is 1. The van der Waals surface area contributed by atoms with E-state index in [9.17, 15) is 4.79 Å². The maximum atomic E-state index is 13.4. The lowest BCUT2D eigenvalue weighted by molar-refractivity contribution is -0.00130. The summed E-state index contributed by atoms with van der Waals surface area (Å²) in [7, 11) is 1.63. The normalized spacial score (nSPS) is 23.8. The number of hydrogen-bond donors (Lipinski definition) is 1. The van der Waals surface area contributed by atoms with Gasteiger partial charge in [0.15, 0.2) is 5.69 Å². The van der Waals surface area contributed by atoms with Gasteiger partial charge < -0.3 is 9.64 Å². The average Bonchev–Trinajstić information content (AvgIpc) is 3.05. The van der Waals surface area contributed by atoms with Gasteiger partial charge in [-0.05, 0) is 44.4 Å². The fourth-order valence-electron chi connectivity index (χ4n) is 4.51. The number of aromatic nitrogens is 2. The Morgan fingerprint density at radius 3 is 2.76 bits per heavy atom. The highest BCUT2D eigenvalue weighted by atomic mass is 16.5. The Bertz CT molecular complexity index is 758. The molecule has 2 aliphatic heterocycles. The third kappa shape index (κ3) is 2.78. The zero-order valence-electron chi connectivity index (χ0n) is 15.0. The second-order valence-electron chi connectivity index (χ2n) is 7.17. The van der Waals surface area contributed by atoms with E-state index in [0.717, 1.165) is 49.8 Å². The van der Waals surface area contributed by atoms with E-state index >= 15 is 0 Å². The van der Waals surface area contributed by atoms with Crippen molar-refractivity contribution in [2.75, 3.05) is 26.7 Å². The van der Waals surface area contributed by atoms with Crippen LogP contribution in [-0.4, -0.2) is 64.7 Å². The smallest absolute Gasteiger partial charge is 0.275 e. The molecule has 1 aromatic heterocycles. The van der Waals surface area contributed by atoms with Crippen molar-refractivity contribution < 1.29 is 9.53 Å². The van der Waals surface area contributed by atoms with Crippen LogP contribution >= 0.6 is 0 Å². The lowest BCUT2D eigenvalue weighted by atomic mass is 9.90. The summed E-state index contributed by atoms with van der Waals surface area (Å²) in [6.07, 6.45) is 4.54. The minimum Gasteiger partial charge on any atom is -0.496 e. The maximum Gasteiger partial charge on any atom is 0.275 e. The number of carbonyl (C=O) groups is 1. The molecule has 1 amide bonds. The molecular formula is C19H26N4O2. The lowest BCUT2D eigenvalue weighted by Crippen LogP contribution is -2.62. The third-order valence-corrected chi connectivity index (χ3v) is 5.55. The van der Waals surface area contributed by atoms with Gasteiger partial charge in [-0.1, -0.05) is 13.0 Å². The van der Waals surface area contributed by atoms with E-state index in [4.69, 9.17) is 4.74 Å². The van der Waals surface area contributed by atoms with Crippen LogP contribution in [0.2, 0.25) is 0 Å². The number of likely N-dealkylation sites (tertiary alicyclic amines) is 1. The van der Waals surface area contributed by atoms with E-state index in [1.54, 1.807) is 7.11 Å². The van der Waals surface area contributed by atoms with Crippen molar-refractivity contribution in [2.45, 2.75) is 44.7 Å². The van der Waals surface area contributed by atoms with Crippen molar-refractivity contribution in [3.8, 4) is 5.75 Å². The first-order valence-corrected chi connectivity index (χ1v) is 9.29. The molecule has 2 aromatic rings. The minimum absolute atomic E-state index is 0.0431. The first-order chi connectivity index (χ1) is 12.2. The van der Waals surface area contributed by atoms with Crippen LogP contribution in [0.15, 0.2) is 18.2 Å². The number of benzene rings is 1. The number of ether oxygens (including phenoxy) is 1. The molecule has 2 saturated heterocycles. The number of hydrogen-bond acceptors (Lipinski definition) is 4. The Kier molecular flexibility index (Phi) is 4.37. The van der Waals surface area contributed by atoms with Gasteiger partial charge in [-0.3, -0.25) is 14.8 Å². The zero-order valence-corrected chi connectivity index (χ0v) is 15.0. The second kappa shape index (κ2) is 6.67. The zero-order chi connectivity index (χ0) is 17.4. The number of carbonyl (C=O) groups excluding carboxylic acids is 1. The molecule has 2 fully saturated rings. The molecule has 2 bridgehead atoms. The number of aromatic amines is 1. The fourth-order valence-corrected chi connectivity index (χ4v) is 4.51. The van der Waals surface area contributed by atoms with E-state index < -0.39 is 0 Å². The molecule has 2 unspecified atom stereocenters. The van der Waals surface area contributed by atoms with Crippen LogP contribution in [-0.2, 0) is 0 Å². The van der Waals surface area contributed by atoms with Crippen molar-refractivity contribution in [3.05, 3.63) is 23.9 Å². The van der Waals surface area contributed by atoms with Crippen molar-refractivity contribution in [2.24, 2.45) is 0 Å². The first kappa shape index (κ1) is 16.4. The summed E-state index contributed by atoms with van der Waals surface area (Å²) in [6, 6.07) is 6.32. The van der Waals surface area contributed by atoms with Gasteiger partial charge in [-0.15, -0.1) is 0 Å². The summed E-state index contributed by atoms with van der Waals surface area (Å²) < 4.78 is 5.47. The molecule has 134 valence electrons. The molecule has 4 rings (SSSR count). The van der Waals surface area contributed by atoms with Crippen molar-refractivity contribution >= 4 is 16.8 Å². The second-order valence-corrected chi connectivity index (χ2v) is 7.17. The number of piperidine rings is 1. The Balaban J connectivity index is 1.67. The summed E-state index contributed by atoms with van der Waals surface area (Å²) in [5, 5.41) is 8.14. The number of rotatable bonds is 4. The van der Waals surface area contributed by atoms with E-state index in [0.29, 0.717) is 23.5 Å². The predicted molar refractivity (Wildman–Crippen MR) is 97.0 cm³/mol. The third-order valence-electron chi connectivity index (χ3n) is 5.55. The van der Waals surface area contributed by atoms with Crippen LogP contribution in [0.25, 0.3) is 10.9 Å². The number of H-pyrrole nitrogens is 1. The van der Waals surface area contributed by atoms with E-state index in [2.05, 4.69) is 26.9 Å². The Hall–Kier alpha value is -2.08. The largest absolute Gasteiger partial charge is 0.496 e. The Morgan fingerprint density at radius 1 is 1.32 bits per heavy atom. The first-order valence-electron chi connectivity index (χ1n) is 9.29. The minimum atomic E-state index is 0.0431. The van der Waals surface area contributed by atoms with Crippen LogP contribution < -0.4 is 4.74 Å². The van der Waals surface area contributed by atoms with Gasteiger partial charge in [-0.2, -0.15) is 5.10 Å². The summed E-state index contributed by atoms with van der Waals surface area (Å²) in [6.45, 7) is 5.30. The molecular weight excluding hydrogens is 316 g/mol. The van der Waals surface area contributed by atoms with Crippen LogP contribution in [0.1, 0.15) is 43.1 Å².